The van der Waals surface area contributed by atoms with Crippen LogP contribution in [-0.4, -0.2) is 43.6 Å². The van der Waals surface area contributed by atoms with Crippen molar-refractivity contribution in [2.24, 2.45) is 0 Å². The first-order valence-corrected chi connectivity index (χ1v) is 9.72. The number of benzene rings is 2. The van der Waals surface area contributed by atoms with Gasteiger partial charge in [-0.25, -0.2) is 9.18 Å². The summed E-state index contributed by atoms with van der Waals surface area (Å²) in [5, 5.41) is 5.49. The zero-order valence-corrected chi connectivity index (χ0v) is 16.7. The van der Waals surface area contributed by atoms with E-state index in [4.69, 9.17) is 21.1 Å². The Bertz CT molecular complexity index is 929. The molecule has 1 atom stereocenters. The van der Waals surface area contributed by atoms with E-state index in [0.29, 0.717) is 13.2 Å². The molecule has 2 aromatic carbocycles. The van der Waals surface area contributed by atoms with E-state index in [9.17, 15) is 18.8 Å². The average Bonchev–Trinajstić information content (AvgIpc) is 3.25. The molecule has 9 heteroatoms. The van der Waals surface area contributed by atoms with Crippen molar-refractivity contribution in [3.05, 3.63) is 64.4 Å². The molecule has 30 heavy (non-hydrogen) atoms. The van der Waals surface area contributed by atoms with Crippen LogP contribution < -0.4 is 10.6 Å². The van der Waals surface area contributed by atoms with Crippen LogP contribution >= 0.6 is 11.6 Å². The first kappa shape index (κ1) is 21.7. The number of hydrogen-bond acceptors (Lipinski definition) is 5. The van der Waals surface area contributed by atoms with Crippen LogP contribution in [0.25, 0.3) is 0 Å². The van der Waals surface area contributed by atoms with Gasteiger partial charge in [0, 0.05) is 23.7 Å². The van der Waals surface area contributed by atoms with E-state index in [1.807, 2.05) is 0 Å². The summed E-state index contributed by atoms with van der Waals surface area (Å²) in [5.41, 5.74) is 0.340. The van der Waals surface area contributed by atoms with Crippen LogP contribution in [0, 0.1) is 5.82 Å². The maximum atomic E-state index is 13.0. The number of anilines is 1. The predicted octanol–water partition coefficient (Wildman–Crippen LogP) is 3.18. The van der Waals surface area contributed by atoms with E-state index >= 15 is 0 Å². The second kappa shape index (κ2) is 10.2. The van der Waals surface area contributed by atoms with Crippen LogP contribution in [0.15, 0.2) is 42.5 Å². The Morgan fingerprint density at radius 2 is 1.93 bits per heavy atom. The molecule has 1 aliphatic heterocycles. The van der Waals surface area contributed by atoms with Crippen molar-refractivity contribution in [3.63, 3.8) is 0 Å². The number of carbonyl (C=O) groups is 3. The highest BCUT2D eigenvalue weighted by molar-refractivity contribution is 6.31. The first-order chi connectivity index (χ1) is 14.4. The van der Waals surface area contributed by atoms with E-state index in [-0.39, 0.29) is 27.9 Å². The summed E-state index contributed by atoms with van der Waals surface area (Å²) >= 11 is 5.97. The second-order valence-electron chi connectivity index (χ2n) is 6.67. The van der Waals surface area contributed by atoms with Crippen LogP contribution in [0.3, 0.4) is 0 Å². The zero-order valence-electron chi connectivity index (χ0n) is 16.0. The molecule has 1 heterocycles. The number of nitrogens with one attached hydrogen (secondary N) is 2. The summed E-state index contributed by atoms with van der Waals surface area (Å²) in [6.07, 6.45) is 1.81. The second-order valence-corrected chi connectivity index (χ2v) is 7.10. The van der Waals surface area contributed by atoms with Crippen LogP contribution in [0.2, 0.25) is 5.02 Å². The highest BCUT2D eigenvalue weighted by Crippen LogP contribution is 2.23. The molecule has 2 N–H and O–H groups in total. The molecular weight excluding hydrogens is 415 g/mol. The number of amides is 2. The Kier molecular flexibility index (Phi) is 7.37. The average molecular weight is 435 g/mol. The van der Waals surface area contributed by atoms with Crippen LogP contribution in [0.5, 0.6) is 0 Å². The molecule has 1 saturated heterocycles. The van der Waals surface area contributed by atoms with Crippen molar-refractivity contribution in [2.75, 3.05) is 25.1 Å². The summed E-state index contributed by atoms with van der Waals surface area (Å²) in [6, 6.07) is 9.15. The van der Waals surface area contributed by atoms with E-state index in [0.717, 1.165) is 25.0 Å². The van der Waals surface area contributed by atoms with Gasteiger partial charge < -0.3 is 20.1 Å². The lowest BCUT2D eigenvalue weighted by Gasteiger charge is -2.13. The molecule has 0 spiro atoms. The van der Waals surface area contributed by atoms with Gasteiger partial charge in [-0.1, -0.05) is 11.6 Å². The van der Waals surface area contributed by atoms with Gasteiger partial charge in [0.05, 0.1) is 17.4 Å². The fraction of sp³-hybridized carbons (Fsp3) is 0.286. The van der Waals surface area contributed by atoms with Gasteiger partial charge in [-0.3, -0.25) is 9.59 Å². The molecule has 0 radical (unpaired) electrons. The number of rotatable bonds is 7. The van der Waals surface area contributed by atoms with E-state index in [1.54, 1.807) is 0 Å². The SMILES string of the molecule is O=C(COC(=O)c1ccc(Cl)cc1NC(=O)c1ccc(F)cc1)NCC1CCCO1. The normalized spacial score (nSPS) is 15.5. The maximum Gasteiger partial charge on any atom is 0.340 e. The molecule has 0 aliphatic carbocycles. The first-order valence-electron chi connectivity index (χ1n) is 9.34. The van der Waals surface area contributed by atoms with Crippen molar-refractivity contribution >= 4 is 35.1 Å². The van der Waals surface area contributed by atoms with Gasteiger partial charge >= 0.3 is 5.97 Å². The van der Waals surface area contributed by atoms with Crippen LogP contribution in [0.4, 0.5) is 10.1 Å². The van der Waals surface area contributed by atoms with Crippen molar-refractivity contribution < 1.29 is 28.2 Å². The topological polar surface area (TPSA) is 93.7 Å². The Morgan fingerprint density at radius 3 is 2.63 bits per heavy atom. The summed E-state index contributed by atoms with van der Waals surface area (Å²) in [5.74, 6) is -2.28. The van der Waals surface area contributed by atoms with Crippen molar-refractivity contribution in [1.29, 1.82) is 0 Å². The third kappa shape index (κ3) is 6.01. The Hall–Kier alpha value is -2.97. The molecule has 7 nitrogen and oxygen atoms in total. The minimum atomic E-state index is -0.798. The molecule has 0 saturated carbocycles. The lowest BCUT2D eigenvalue weighted by atomic mass is 10.1. The van der Waals surface area contributed by atoms with E-state index < -0.39 is 30.2 Å². The number of esters is 1. The predicted molar refractivity (Wildman–Crippen MR) is 108 cm³/mol. The maximum absolute atomic E-state index is 13.0. The van der Waals surface area contributed by atoms with Gasteiger partial charge in [-0.2, -0.15) is 0 Å². The highest BCUT2D eigenvalue weighted by Gasteiger charge is 2.19. The lowest BCUT2D eigenvalue weighted by molar-refractivity contribution is -0.124. The number of hydrogen-bond donors (Lipinski definition) is 2. The molecule has 1 fully saturated rings. The molecule has 2 aromatic rings. The lowest BCUT2D eigenvalue weighted by Crippen LogP contribution is -2.34. The number of carbonyl (C=O) groups excluding carboxylic acids is 3. The molecule has 0 aromatic heterocycles. The smallest absolute Gasteiger partial charge is 0.340 e. The Balaban J connectivity index is 1.60. The van der Waals surface area contributed by atoms with Gasteiger partial charge in [0.2, 0.25) is 0 Å². The molecule has 1 aliphatic rings. The third-order valence-corrected chi connectivity index (χ3v) is 4.68. The van der Waals surface area contributed by atoms with Crippen LogP contribution in [0.1, 0.15) is 33.6 Å². The summed E-state index contributed by atoms with van der Waals surface area (Å²) < 4.78 is 23.5. The minimum absolute atomic E-state index is 0.0193. The van der Waals surface area contributed by atoms with Crippen molar-refractivity contribution in [1.82, 2.24) is 5.32 Å². The molecular formula is C21H20ClFN2O5. The van der Waals surface area contributed by atoms with E-state index in [2.05, 4.69) is 10.6 Å². The summed E-state index contributed by atoms with van der Waals surface area (Å²) in [4.78, 5) is 36.7. The molecule has 2 amide bonds. The zero-order chi connectivity index (χ0) is 21.5. The van der Waals surface area contributed by atoms with Crippen LogP contribution in [-0.2, 0) is 14.3 Å². The third-order valence-electron chi connectivity index (χ3n) is 4.44. The molecule has 158 valence electrons. The largest absolute Gasteiger partial charge is 0.452 e. The van der Waals surface area contributed by atoms with Crippen molar-refractivity contribution in [2.45, 2.75) is 18.9 Å². The van der Waals surface area contributed by atoms with Gasteiger partial charge in [-0.05, 0) is 55.3 Å². The summed E-state index contributed by atoms with van der Waals surface area (Å²) in [7, 11) is 0. The van der Waals surface area contributed by atoms with Gasteiger partial charge in [0.15, 0.2) is 6.61 Å². The molecule has 0 bridgehead atoms. The number of halogens is 2. The van der Waals surface area contributed by atoms with Gasteiger partial charge in [-0.15, -0.1) is 0 Å². The summed E-state index contributed by atoms with van der Waals surface area (Å²) in [6.45, 7) is 0.564. The fourth-order valence-electron chi connectivity index (χ4n) is 2.89. The molecule has 3 rings (SSSR count). The standard InChI is InChI=1S/C21H20ClFN2O5/c22-14-5-8-17(18(10-14)25-20(27)13-3-6-15(23)7-4-13)21(28)30-12-19(26)24-11-16-2-1-9-29-16/h3-8,10,16H,1-2,9,11-12H2,(H,24,26)(H,25,27). The monoisotopic (exact) mass is 434 g/mol. The van der Waals surface area contributed by atoms with Crippen molar-refractivity contribution in [3.8, 4) is 0 Å². The highest BCUT2D eigenvalue weighted by atomic mass is 35.5. The number of ether oxygens (including phenoxy) is 2. The van der Waals surface area contributed by atoms with E-state index in [1.165, 1.54) is 30.3 Å². The Morgan fingerprint density at radius 1 is 1.17 bits per heavy atom. The minimum Gasteiger partial charge on any atom is -0.452 e. The van der Waals surface area contributed by atoms with Gasteiger partial charge in [0.25, 0.3) is 11.8 Å². The van der Waals surface area contributed by atoms with Gasteiger partial charge in [0.1, 0.15) is 5.82 Å². The fourth-order valence-corrected chi connectivity index (χ4v) is 3.06. The molecule has 1 unspecified atom stereocenters. The Labute approximate surface area is 177 Å². The quantitative estimate of drug-likeness (QED) is 0.653.